The average molecular weight is 266 g/mol. The second-order valence-corrected chi connectivity index (χ2v) is 6.82. The van der Waals surface area contributed by atoms with Crippen LogP contribution in [-0.2, 0) is 14.8 Å². The summed E-state index contributed by atoms with van der Waals surface area (Å²) in [4.78, 5) is 11.2. The number of nitrogens with two attached hydrogens (primary N) is 1. The number of nitrogens with zero attached hydrogens (tertiary/aromatic N) is 1. The van der Waals surface area contributed by atoms with E-state index in [2.05, 4.69) is 12.6 Å². The van der Waals surface area contributed by atoms with Crippen LogP contribution in [0, 0.1) is 0 Å². The number of primary amides is 1. The van der Waals surface area contributed by atoms with Gasteiger partial charge in [-0.2, -0.15) is 16.9 Å². The van der Waals surface area contributed by atoms with Crippen LogP contribution in [0.5, 0.6) is 0 Å². The third kappa shape index (κ3) is 3.11. The molecule has 5 nitrogen and oxygen atoms in total. The van der Waals surface area contributed by atoms with Gasteiger partial charge in [-0.1, -0.05) is 13.3 Å². The Bertz CT molecular complexity index is 356. The molecule has 2 N–H and O–H groups in total. The standard InChI is InChI=1S/C9H18N2O3S2/c1-2-3-4-16(13,14)11-6-7(15)5-8(11)9(10)12/h7-8,15H,2-6H2,1H3,(H2,10,12)/t7-,8-/m0/s1. The number of hydrogen-bond donors (Lipinski definition) is 2. The van der Waals surface area contributed by atoms with E-state index in [9.17, 15) is 13.2 Å². The Labute approximate surface area is 102 Å². The summed E-state index contributed by atoms with van der Waals surface area (Å²) in [6, 6.07) is -0.718. The topological polar surface area (TPSA) is 80.5 Å². The largest absolute Gasteiger partial charge is 0.368 e. The highest BCUT2D eigenvalue weighted by Gasteiger charge is 2.40. The van der Waals surface area contributed by atoms with Gasteiger partial charge in [0.1, 0.15) is 6.04 Å². The Morgan fingerprint density at radius 3 is 2.69 bits per heavy atom. The molecule has 1 saturated heterocycles. The zero-order chi connectivity index (χ0) is 12.3. The van der Waals surface area contributed by atoms with Crippen LogP contribution in [0.1, 0.15) is 26.2 Å². The first-order valence-corrected chi connectivity index (χ1v) is 7.48. The van der Waals surface area contributed by atoms with Crippen LogP contribution in [-0.4, -0.2) is 42.2 Å². The quantitative estimate of drug-likeness (QED) is 0.686. The number of carbonyl (C=O) groups is 1. The zero-order valence-corrected chi connectivity index (χ0v) is 11.0. The summed E-state index contributed by atoms with van der Waals surface area (Å²) in [6.45, 7) is 2.20. The molecule has 1 rings (SSSR count). The lowest BCUT2D eigenvalue weighted by atomic mass is 10.2. The Morgan fingerprint density at radius 2 is 2.19 bits per heavy atom. The third-order valence-corrected chi connectivity index (χ3v) is 4.97. The van der Waals surface area contributed by atoms with Gasteiger partial charge in [0.05, 0.1) is 5.75 Å². The zero-order valence-electron chi connectivity index (χ0n) is 9.30. The van der Waals surface area contributed by atoms with Gasteiger partial charge in [-0.25, -0.2) is 8.42 Å². The lowest BCUT2D eigenvalue weighted by molar-refractivity contribution is -0.121. The molecule has 0 aliphatic carbocycles. The molecule has 0 unspecified atom stereocenters. The molecule has 1 heterocycles. The minimum Gasteiger partial charge on any atom is -0.368 e. The van der Waals surface area contributed by atoms with Gasteiger partial charge in [0.2, 0.25) is 15.9 Å². The molecule has 0 aromatic rings. The van der Waals surface area contributed by atoms with Crippen molar-refractivity contribution in [3.63, 3.8) is 0 Å². The van der Waals surface area contributed by atoms with Gasteiger partial charge in [-0.15, -0.1) is 0 Å². The molecule has 0 saturated carbocycles. The van der Waals surface area contributed by atoms with Crippen molar-refractivity contribution < 1.29 is 13.2 Å². The fourth-order valence-electron chi connectivity index (χ4n) is 1.79. The number of thiol groups is 1. The first-order valence-electron chi connectivity index (χ1n) is 5.35. The van der Waals surface area contributed by atoms with E-state index in [0.29, 0.717) is 12.8 Å². The van der Waals surface area contributed by atoms with E-state index in [1.165, 1.54) is 4.31 Å². The Morgan fingerprint density at radius 1 is 1.56 bits per heavy atom. The lowest BCUT2D eigenvalue weighted by Crippen LogP contribution is -2.44. The molecule has 94 valence electrons. The highest BCUT2D eigenvalue weighted by molar-refractivity contribution is 7.89. The number of carbonyl (C=O) groups excluding carboxylic acids is 1. The third-order valence-electron chi connectivity index (χ3n) is 2.68. The van der Waals surface area contributed by atoms with E-state index < -0.39 is 22.0 Å². The van der Waals surface area contributed by atoms with Crippen molar-refractivity contribution in [2.45, 2.75) is 37.5 Å². The normalized spacial score (nSPS) is 27.1. The van der Waals surface area contributed by atoms with E-state index in [4.69, 9.17) is 5.73 Å². The van der Waals surface area contributed by atoms with Gasteiger partial charge < -0.3 is 5.73 Å². The first-order chi connectivity index (χ1) is 7.38. The van der Waals surface area contributed by atoms with Crippen LogP contribution in [0.2, 0.25) is 0 Å². The van der Waals surface area contributed by atoms with Crippen LogP contribution < -0.4 is 5.73 Å². The number of unbranched alkanes of at least 4 members (excludes halogenated alkanes) is 1. The highest BCUT2D eigenvalue weighted by atomic mass is 32.2. The molecule has 0 spiro atoms. The van der Waals surface area contributed by atoms with Crippen molar-refractivity contribution in [3.8, 4) is 0 Å². The van der Waals surface area contributed by atoms with Crippen LogP contribution in [0.4, 0.5) is 0 Å². The summed E-state index contributed by atoms with van der Waals surface area (Å²) in [5.74, 6) is -0.509. The molecule has 1 fully saturated rings. The molecular weight excluding hydrogens is 248 g/mol. The SMILES string of the molecule is CCCCS(=O)(=O)N1C[C@@H](S)C[C@H]1C(N)=O. The van der Waals surface area contributed by atoms with Crippen molar-refractivity contribution in [2.24, 2.45) is 5.73 Å². The summed E-state index contributed by atoms with van der Waals surface area (Å²) in [6.07, 6.45) is 1.81. The van der Waals surface area contributed by atoms with E-state index in [1.807, 2.05) is 6.92 Å². The van der Waals surface area contributed by atoms with E-state index in [0.717, 1.165) is 6.42 Å². The Hall–Kier alpha value is -0.270. The summed E-state index contributed by atoms with van der Waals surface area (Å²) in [5.41, 5.74) is 5.20. The summed E-state index contributed by atoms with van der Waals surface area (Å²) in [7, 11) is -3.37. The molecule has 1 aliphatic heterocycles. The molecule has 1 aliphatic rings. The number of sulfonamides is 1. The average Bonchev–Trinajstić information content (AvgIpc) is 2.58. The summed E-state index contributed by atoms with van der Waals surface area (Å²) < 4.78 is 25.1. The highest BCUT2D eigenvalue weighted by Crippen LogP contribution is 2.25. The fourth-order valence-corrected chi connectivity index (χ4v) is 4.15. The minimum absolute atomic E-state index is 0.0772. The molecule has 0 aromatic heterocycles. The molecule has 0 radical (unpaired) electrons. The van der Waals surface area contributed by atoms with Crippen molar-refractivity contribution in [2.75, 3.05) is 12.3 Å². The van der Waals surface area contributed by atoms with Crippen molar-refractivity contribution >= 4 is 28.6 Å². The van der Waals surface area contributed by atoms with Crippen molar-refractivity contribution in [3.05, 3.63) is 0 Å². The molecule has 7 heteroatoms. The summed E-state index contributed by atoms with van der Waals surface area (Å²) in [5, 5.41) is -0.103. The maximum absolute atomic E-state index is 11.9. The van der Waals surface area contributed by atoms with Crippen LogP contribution in [0.15, 0.2) is 0 Å². The molecule has 0 bridgehead atoms. The molecule has 2 atom stereocenters. The molecule has 16 heavy (non-hydrogen) atoms. The number of amides is 1. The van der Waals surface area contributed by atoms with Crippen LogP contribution in [0.3, 0.4) is 0 Å². The first kappa shape index (κ1) is 13.8. The van der Waals surface area contributed by atoms with Gasteiger partial charge in [0.25, 0.3) is 0 Å². The number of hydrogen-bond acceptors (Lipinski definition) is 4. The fraction of sp³-hybridized carbons (Fsp3) is 0.889. The predicted molar refractivity (Wildman–Crippen MR) is 65.8 cm³/mol. The van der Waals surface area contributed by atoms with E-state index in [-0.39, 0.29) is 17.5 Å². The van der Waals surface area contributed by atoms with Gasteiger partial charge >= 0.3 is 0 Å². The van der Waals surface area contributed by atoms with E-state index in [1.54, 1.807) is 0 Å². The lowest BCUT2D eigenvalue weighted by Gasteiger charge is -2.21. The van der Waals surface area contributed by atoms with Gasteiger partial charge in [0.15, 0.2) is 0 Å². The monoisotopic (exact) mass is 266 g/mol. The maximum atomic E-state index is 11.9. The van der Waals surface area contributed by atoms with Gasteiger partial charge in [0, 0.05) is 11.8 Å². The van der Waals surface area contributed by atoms with E-state index >= 15 is 0 Å². The second-order valence-electron chi connectivity index (χ2n) is 4.05. The molecular formula is C9H18N2O3S2. The van der Waals surface area contributed by atoms with Crippen molar-refractivity contribution in [1.82, 2.24) is 4.31 Å². The smallest absolute Gasteiger partial charge is 0.235 e. The van der Waals surface area contributed by atoms with Gasteiger partial charge in [-0.3, -0.25) is 4.79 Å². The van der Waals surface area contributed by atoms with Crippen LogP contribution in [0.25, 0.3) is 0 Å². The Kier molecular flexibility index (Phi) is 4.63. The number of rotatable bonds is 5. The molecule has 0 aromatic carbocycles. The second kappa shape index (κ2) is 5.37. The summed E-state index contributed by atoms with van der Waals surface area (Å²) >= 11 is 4.21. The van der Waals surface area contributed by atoms with Crippen molar-refractivity contribution in [1.29, 1.82) is 0 Å². The minimum atomic E-state index is -3.37. The Balaban J connectivity index is 2.81. The predicted octanol–water partition coefficient (Wildman–Crippen LogP) is -0.0257. The van der Waals surface area contributed by atoms with Crippen LogP contribution >= 0.6 is 12.6 Å². The maximum Gasteiger partial charge on any atom is 0.235 e. The molecule has 1 amide bonds. The van der Waals surface area contributed by atoms with Gasteiger partial charge in [-0.05, 0) is 12.8 Å².